The van der Waals surface area contributed by atoms with Gasteiger partial charge >= 0.3 is 20.1 Å². The molecule has 0 radical (unpaired) electrons. The van der Waals surface area contributed by atoms with E-state index in [0.29, 0.717) is 17.0 Å². The molecule has 0 spiro atoms. The summed E-state index contributed by atoms with van der Waals surface area (Å²) < 4.78 is 97.0. The zero-order chi connectivity index (χ0) is 33.3. The Balaban J connectivity index is 1.78. The molecular weight excluding hydrogens is 635 g/mol. The van der Waals surface area contributed by atoms with E-state index in [1.54, 1.807) is 41.5 Å². The number of hydrogen-bond donors (Lipinski definition) is 1. The molecular formula is C28H34ClF4N2O8P. The quantitative estimate of drug-likeness (QED) is 0.159. The normalized spacial score (nSPS) is 17.5. The van der Waals surface area contributed by atoms with Gasteiger partial charge in [-0.25, -0.2) is 13.8 Å². The van der Waals surface area contributed by atoms with Crippen LogP contribution >= 0.6 is 19.4 Å². The SMILES string of the molecule is COc1ccc(Cl)cc1C1(F)C(=O)N(COC(=O)NCCOP(=O)(OC(C)(C)C)OC(C)(C)C)c2cc(C(F)(F)F)ccc21. The highest BCUT2D eigenvalue weighted by molar-refractivity contribution is 7.48. The van der Waals surface area contributed by atoms with Crippen LogP contribution in [0.5, 0.6) is 5.75 Å². The van der Waals surface area contributed by atoms with E-state index in [1.807, 2.05) is 0 Å². The van der Waals surface area contributed by atoms with Crippen LogP contribution in [-0.2, 0) is 39.5 Å². The van der Waals surface area contributed by atoms with E-state index in [9.17, 15) is 27.3 Å². The van der Waals surface area contributed by atoms with E-state index in [4.69, 9.17) is 34.6 Å². The Hall–Kier alpha value is -2.90. The number of hydrogen-bond acceptors (Lipinski definition) is 8. The van der Waals surface area contributed by atoms with Gasteiger partial charge in [-0.15, -0.1) is 0 Å². The van der Waals surface area contributed by atoms with Crippen LogP contribution in [0.25, 0.3) is 0 Å². The van der Waals surface area contributed by atoms with Crippen molar-refractivity contribution in [2.75, 3.05) is 31.9 Å². The van der Waals surface area contributed by atoms with Crippen LogP contribution in [0.1, 0.15) is 58.2 Å². The summed E-state index contributed by atoms with van der Waals surface area (Å²) in [5.41, 5.74) is -7.20. The summed E-state index contributed by atoms with van der Waals surface area (Å²) in [6.45, 7) is 8.32. The minimum Gasteiger partial charge on any atom is -0.496 e. The Kier molecular flexibility index (Phi) is 10.4. The number of phosphoric ester groups is 1. The third kappa shape index (κ3) is 8.42. The van der Waals surface area contributed by atoms with Crippen molar-refractivity contribution < 1.29 is 54.8 Å². The molecule has 1 unspecified atom stereocenters. The van der Waals surface area contributed by atoms with Gasteiger partial charge in [0, 0.05) is 22.7 Å². The number of nitrogens with zero attached hydrogens (tertiary/aromatic N) is 1. The molecule has 1 aliphatic rings. The number of amides is 2. The van der Waals surface area contributed by atoms with Crippen molar-refractivity contribution in [3.8, 4) is 5.75 Å². The number of ether oxygens (including phenoxy) is 2. The highest BCUT2D eigenvalue weighted by Crippen LogP contribution is 2.55. The fourth-order valence-electron chi connectivity index (χ4n) is 4.20. The number of anilines is 1. The van der Waals surface area contributed by atoms with Crippen molar-refractivity contribution in [2.45, 2.75) is 64.6 Å². The van der Waals surface area contributed by atoms with Gasteiger partial charge in [-0.3, -0.25) is 23.3 Å². The van der Waals surface area contributed by atoms with Crippen LogP contribution in [0, 0.1) is 0 Å². The third-order valence-corrected chi connectivity index (χ3v) is 8.05. The summed E-state index contributed by atoms with van der Waals surface area (Å²) in [6, 6.07) is 5.89. The first kappa shape index (κ1) is 35.6. The Labute approximate surface area is 257 Å². The van der Waals surface area contributed by atoms with E-state index in [1.165, 1.54) is 19.2 Å². The Morgan fingerprint density at radius 1 is 1.00 bits per heavy atom. The van der Waals surface area contributed by atoms with Gasteiger partial charge in [-0.05, 0) is 71.9 Å². The second-order valence-corrected chi connectivity index (χ2v) is 13.6. The molecule has 10 nitrogen and oxygen atoms in total. The summed E-state index contributed by atoms with van der Waals surface area (Å²) in [5, 5.41) is 2.33. The van der Waals surface area contributed by atoms with Gasteiger partial charge in [-0.1, -0.05) is 17.7 Å². The first-order valence-corrected chi connectivity index (χ1v) is 15.1. The van der Waals surface area contributed by atoms with Crippen LogP contribution in [0.15, 0.2) is 36.4 Å². The fraction of sp³-hybridized carbons (Fsp3) is 0.500. The van der Waals surface area contributed by atoms with Crippen LogP contribution in [0.3, 0.4) is 0 Å². The molecule has 16 heteroatoms. The predicted molar refractivity (Wildman–Crippen MR) is 153 cm³/mol. The molecule has 3 rings (SSSR count). The van der Waals surface area contributed by atoms with Gasteiger partial charge < -0.3 is 14.8 Å². The lowest BCUT2D eigenvalue weighted by molar-refractivity contribution is -0.137. The maximum absolute atomic E-state index is 16.8. The molecule has 0 saturated heterocycles. The number of halogens is 5. The van der Waals surface area contributed by atoms with Crippen molar-refractivity contribution >= 4 is 37.1 Å². The summed E-state index contributed by atoms with van der Waals surface area (Å²) in [4.78, 5) is 26.5. The maximum Gasteiger partial charge on any atom is 0.475 e. The number of fused-ring (bicyclic) bond motifs is 1. The zero-order valence-electron chi connectivity index (χ0n) is 25.1. The monoisotopic (exact) mass is 668 g/mol. The molecule has 1 atom stereocenters. The van der Waals surface area contributed by atoms with E-state index in [2.05, 4.69) is 5.32 Å². The fourth-order valence-corrected chi connectivity index (χ4v) is 6.17. The molecule has 0 saturated carbocycles. The largest absolute Gasteiger partial charge is 0.496 e. The maximum atomic E-state index is 16.8. The number of phosphoric acid groups is 1. The zero-order valence-corrected chi connectivity index (χ0v) is 26.8. The average Bonchev–Trinajstić information content (AvgIpc) is 3.09. The topological polar surface area (TPSA) is 113 Å². The molecule has 0 bridgehead atoms. The Bertz CT molecular complexity index is 1420. The van der Waals surface area contributed by atoms with E-state index in [-0.39, 0.29) is 29.5 Å². The molecule has 0 fully saturated rings. The number of methoxy groups -OCH3 is 1. The van der Waals surface area contributed by atoms with E-state index in [0.717, 1.165) is 12.1 Å². The van der Waals surface area contributed by atoms with Gasteiger partial charge in [0.25, 0.3) is 5.91 Å². The highest BCUT2D eigenvalue weighted by Gasteiger charge is 2.55. The number of carbonyl (C=O) groups is 2. The average molecular weight is 669 g/mol. The van der Waals surface area contributed by atoms with Crippen molar-refractivity contribution in [1.29, 1.82) is 0 Å². The van der Waals surface area contributed by atoms with Crippen molar-refractivity contribution in [2.24, 2.45) is 0 Å². The summed E-state index contributed by atoms with van der Waals surface area (Å²) in [7, 11) is -2.85. The van der Waals surface area contributed by atoms with Crippen LogP contribution in [0.2, 0.25) is 5.02 Å². The first-order valence-electron chi connectivity index (χ1n) is 13.2. The lowest BCUT2D eigenvalue weighted by Gasteiger charge is -2.30. The molecule has 2 amide bonds. The highest BCUT2D eigenvalue weighted by atomic mass is 35.5. The second-order valence-electron chi connectivity index (χ2n) is 11.6. The number of nitrogens with one attached hydrogen (secondary N) is 1. The number of rotatable bonds is 10. The standard InChI is InChI=1S/C28H34ClF4N2O8P/c1-25(2,3)42-44(38,43-26(4,5)6)41-13-12-34-24(37)40-16-35-21-14-17(28(31,32)33)8-10-19(21)27(30,23(35)36)20-15-18(29)9-11-22(20)39-7/h8-11,14-15H,12-13,16H2,1-7H3,(H,34,37). The van der Waals surface area contributed by atoms with Gasteiger partial charge in [0.15, 0.2) is 6.73 Å². The van der Waals surface area contributed by atoms with E-state index >= 15 is 4.39 Å². The van der Waals surface area contributed by atoms with Crippen LogP contribution in [-0.4, -0.2) is 50.2 Å². The lowest BCUT2D eigenvalue weighted by atomic mass is 9.88. The molecule has 2 aromatic rings. The Morgan fingerprint density at radius 3 is 2.16 bits per heavy atom. The molecule has 1 N–H and O–H groups in total. The minimum atomic E-state index is -4.82. The number of benzene rings is 2. The van der Waals surface area contributed by atoms with Crippen molar-refractivity contribution in [3.63, 3.8) is 0 Å². The van der Waals surface area contributed by atoms with Gasteiger partial charge in [-0.2, -0.15) is 13.2 Å². The smallest absolute Gasteiger partial charge is 0.475 e. The number of alkyl carbamates (subject to hydrolysis) is 1. The number of alkyl halides is 4. The summed E-state index contributed by atoms with van der Waals surface area (Å²) >= 11 is 6.05. The van der Waals surface area contributed by atoms with Gasteiger partial charge in [0.2, 0.25) is 5.67 Å². The first-order chi connectivity index (χ1) is 20.1. The molecule has 0 aromatic heterocycles. The molecule has 244 valence electrons. The number of carbonyl (C=O) groups excluding carboxylic acids is 2. The second kappa shape index (κ2) is 12.8. The van der Waals surface area contributed by atoms with Gasteiger partial charge in [0.05, 0.1) is 36.2 Å². The third-order valence-electron chi connectivity index (χ3n) is 5.78. The molecule has 1 heterocycles. The van der Waals surface area contributed by atoms with Crippen LogP contribution in [0.4, 0.5) is 28.0 Å². The van der Waals surface area contributed by atoms with Gasteiger partial charge in [0.1, 0.15) is 5.75 Å². The summed E-state index contributed by atoms with van der Waals surface area (Å²) in [6.07, 6.45) is -5.95. The predicted octanol–water partition coefficient (Wildman–Crippen LogP) is 7.37. The minimum absolute atomic E-state index is 0.0423. The molecule has 2 aromatic carbocycles. The van der Waals surface area contributed by atoms with Crippen molar-refractivity contribution in [3.05, 3.63) is 58.1 Å². The molecule has 0 aliphatic carbocycles. The summed E-state index contributed by atoms with van der Waals surface area (Å²) in [5.74, 6) is -1.41. The molecule has 44 heavy (non-hydrogen) atoms. The Morgan fingerprint density at radius 2 is 1.61 bits per heavy atom. The van der Waals surface area contributed by atoms with Crippen LogP contribution < -0.4 is 15.0 Å². The lowest BCUT2D eigenvalue weighted by Crippen LogP contribution is -2.41. The molecule has 1 aliphatic heterocycles. The van der Waals surface area contributed by atoms with Crippen molar-refractivity contribution in [1.82, 2.24) is 5.32 Å². The van der Waals surface area contributed by atoms with E-state index < -0.39 is 66.4 Å².